The molecule has 0 saturated heterocycles. The van der Waals surface area contributed by atoms with Crippen LogP contribution < -0.4 is 15.8 Å². The molecule has 6 heteroatoms. The van der Waals surface area contributed by atoms with Gasteiger partial charge in [-0.3, -0.25) is 4.79 Å². The third kappa shape index (κ3) is 2.99. The van der Waals surface area contributed by atoms with Gasteiger partial charge in [0.05, 0.1) is 17.5 Å². The number of ether oxygens (including phenoxy) is 1. The number of carbonyl (C=O) groups excluding carboxylic acids is 1. The van der Waals surface area contributed by atoms with Crippen molar-refractivity contribution in [2.45, 2.75) is 6.92 Å². The molecule has 0 aliphatic rings. The number of carbonyl (C=O) groups is 1. The number of nitrogen functional groups attached to an aromatic ring is 1. The standard InChI is InChI=1S/C18H18N4O2/c1-3-24-17-14-10-12(7-8-15(14)21-18(19)22-17)11-5-4-6-13(9-11)16(23)20-2/h4-10H,3H2,1-2H3,(H,20,23)(H2,19,21,22). The fourth-order valence-corrected chi connectivity index (χ4v) is 2.53. The number of amides is 1. The van der Waals surface area contributed by atoms with Gasteiger partial charge in [-0.2, -0.15) is 4.98 Å². The lowest BCUT2D eigenvalue weighted by Gasteiger charge is -2.10. The lowest BCUT2D eigenvalue weighted by molar-refractivity contribution is 0.0963. The monoisotopic (exact) mass is 322 g/mol. The van der Waals surface area contributed by atoms with Crippen molar-refractivity contribution in [2.75, 3.05) is 19.4 Å². The molecule has 0 radical (unpaired) electrons. The molecule has 3 N–H and O–H groups in total. The van der Waals surface area contributed by atoms with Gasteiger partial charge in [0, 0.05) is 12.6 Å². The van der Waals surface area contributed by atoms with E-state index in [1.807, 2.05) is 43.3 Å². The summed E-state index contributed by atoms with van der Waals surface area (Å²) in [7, 11) is 1.61. The maximum atomic E-state index is 11.8. The van der Waals surface area contributed by atoms with Crippen LogP contribution in [0.2, 0.25) is 0 Å². The van der Waals surface area contributed by atoms with E-state index in [1.165, 1.54) is 0 Å². The third-order valence-corrected chi connectivity index (χ3v) is 3.64. The van der Waals surface area contributed by atoms with E-state index < -0.39 is 0 Å². The summed E-state index contributed by atoms with van der Waals surface area (Å²) in [4.78, 5) is 20.2. The van der Waals surface area contributed by atoms with Crippen molar-refractivity contribution >= 4 is 22.8 Å². The van der Waals surface area contributed by atoms with Crippen molar-refractivity contribution in [3.63, 3.8) is 0 Å². The van der Waals surface area contributed by atoms with E-state index in [-0.39, 0.29) is 11.9 Å². The largest absolute Gasteiger partial charge is 0.477 e. The molecule has 3 rings (SSSR count). The van der Waals surface area contributed by atoms with Crippen LogP contribution in [0.15, 0.2) is 42.5 Å². The zero-order chi connectivity index (χ0) is 17.1. The Bertz CT molecular complexity index is 909. The summed E-state index contributed by atoms with van der Waals surface area (Å²) in [6.07, 6.45) is 0. The van der Waals surface area contributed by atoms with E-state index in [0.29, 0.717) is 18.1 Å². The van der Waals surface area contributed by atoms with Crippen LogP contribution >= 0.6 is 0 Å². The number of nitrogens with one attached hydrogen (secondary N) is 1. The highest BCUT2D eigenvalue weighted by Crippen LogP contribution is 2.29. The zero-order valence-corrected chi connectivity index (χ0v) is 13.5. The molecule has 1 amide bonds. The predicted molar refractivity (Wildman–Crippen MR) is 93.9 cm³/mol. The first-order chi connectivity index (χ1) is 11.6. The number of hydrogen-bond donors (Lipinski definition) is 2. The fourth-order valence-electron chi connectivity index (χ4n) is 2.53. The SMILES string of the molecule is CCOc1nc(N)nc2ccc(-c3cccc(C(=O)NC)c3)cc12. The molecule has 0 aliphatic carbocycles. The van der Waals surface area contributed by atoms with Crippen LogP contribution in [0, 0.1) is 0 Å². The van der Waals surface area contributed by atoms with E-state index in [2.05, 4.69) is 15.3 Å². The molecule has 0 unspecified atom stereocenters. The van der Waals surface area contributed by atoms with E-state index in [0.717, 1.165) is 22.0 Å². The van der Waals surface area contributed by atoms with E-state index in [4.69, 9.17) is 10.5 Å². The van der Waals surface area contributed by atoms with Crippen molar-refractivity contribution in [2.24, 2.45) is 0 Å². The van der Waals surface area contributed by atoms with E-state index in [1.54, 1.807) is 13.1 Å². The van der Waals surface area contributed by atoms with Gasteiger partial charge in [0.2, 0.25) is 11.8 Å². The summed E-state index contributed by atoms with van der Waals surface area (Å²) in [5, 5.41) is 3.41. The number of aromatic nitrogens is 2. The quantitative estimate of drug-likeness (QED) is 0.770. The fraction of sp³-hybridized carbons (Fsp3) is 0.167. The summed E-state index contributed by atoms with van der Waals surface area (Å²) < 4.78 is 5.57. The second-order valence-electron chi connectivity index (χ2n) is 5.21. The van der Waals surface area contributed by atoms with Crippen LogP contribution in [0.4, 0.5) is 5.95 Å². The molecule has 6 nitrogen and oxygen atoms in total. The smallest absolute Gasteiger partial charge is 0.251 e. The van der Waals surface area contributed by atoms with Gasteiger partial charge in [0.15, 0.2) is 0 Å². The van der Waals surface area contributed by atoms with Crippen molar-refractivity contribution < 1.29 is 9.53 Å². The minimum absolute atomic E-state index is 0.122. The summed E-state index contributed by atoms with van der Waals surface area (Å²) in [5.74, 6) is 0.522. The normalized spacial score (nSPS) is 10.6. The molecule has 0 spiro atoms. The van der Waals surface area contributed by atoms with Gasteiger partial charge in [0.25, 0.3) is 5.91 Å². The summed E-state index contributed by atoms with van der Waals surface area (Å²) in [6.45, 7) is 2.38. The van der Waals surface area contributed by atoms with Crippen molar-refractivity contribution in [3.05, 3.63) is 48.0 Å². The second-order valence-corrected chi connectivity index (χ2v) is 5.21. The van der Waals surface area contributed by atoms with Crippen LogP contribution in [-0.4, -0.2) is 29.5 Å². The molecule has 3 aromatic rings. The highest BCUT2D eigenvalue weighted by atomic mass is 16.5. The van der Waals surface area contributed by atoms with Gasteiger partial charge < -0.3 is 15.8 Å². The topological polar surface area (TPSA) is 90.1 Å². The van der Waals surface area contributed by atoms with Crippen molar-refractivity contribution in [3.8, 4) is 17.0 Å². The number of hydrogen-bond acceptors (Lipinski definition) is 5. The Morgan fingerprint density at radius 2 is 1.96 bits per heavy atom. The average molecular weight is 322 g/mol. The first kappa shape index (κ1) is 15.7. The lowest BCUT2D eigenvalue weighted by atomic mass is 10.0. The molecule has 0 saturated carbocycles. The van der Waals surface area contributed by atoms with Gasteiger partial charge in [-0.05, 0) is 42.3 Å². The van der Waals surface area contributed by atoms with E-state index in [9.17, 15) is 4.79 Å². The maximum absolute atomic E-state index is 11.8. The Labute approximate surface area is 139 Å². The molecule has 1 heterocycles. The number of benzene rings is 2. The number of fused-ring (bicyclic) bond motifs is 1. The molecule has 2 aromatic carbocycles. The van der Waals surface area contributed by atoms with Crippen LogP contribution in [0.3, 0.4) is 0 Å². The molecule has 24 heavy (non-hydrogen) atoms. The zero-order valence-electron chi connectivity index (χ0n) is 13.5. The van der Waals surface area contributed by atoms with Gasteiger partial charge in [-0.15, -0.1) is 0 Å². The minimum Gasteiger partial charge on any atom is -0.477 e. The molecule has 0 atom stereocenters. The van der Waals surface area contributed by atoms with Crippen LogP contribution in [-0.2, 0) is 0 Å². The third-order valence-electron chi connectivity index (χ3n) is 3.64. The number of nitrogens with zero attached hydrogens (tertiary/aromatic N) is 2. The number of anilines is 1. The second kappa shape index (κ2) is 6.54. The Morgan fingerprint density at radius 3 is 2.71 bits per heavy atom. The first-order valence-corrected chi connectivity index (χ1v) is 7.65. The summed E-state index contributed by atoms with van der Waals surface area (Å²) in [5.41, 5.74) is 8.93. The average Bonchev–Trinajstić information content (AvgIpc) is 2.61. The van der Waals surface area contributed by atoms with Gasteiger partial charge >= 0.3 is 0 Å². The summed E-state index contributed by atoms with van der Waals surface area (Å²) >= 11 is 0. The maximum Gasteiger partial charge on any atom is 0.251 e. The Kier molecular flexibility index (Phi) is 4.29. The van der Waals surface area contributed by atoms with Crippen LogP contribution in [0.25, 0.3) is 22.0 Å². The van der Waals surface area contributed by atoms with Gasteiger partial charge in [0.1, 0.15) is 0 Å². The first-order valence-electron chi connectivity index (χ1n) is 7.65. The Hall–Kier alpha value is -3.15. The highest BCUT2D eigenvalue weighted by Gasteiger charge is 2.10. The predicted octanol–water partition coefficient (Wildman–Crippen LogP) is 2.64. The van der Waals surface area contributed by atoms with Crippen molar-refractivity contribution in [1.82, 2.24) is 15.3 Å². The molecule has 122 valence electrons. The van der Waals surface area contributed by atoms with Gasteiger partial charge in [-0.25, -0.2) is 4.98 Å². The number of nitrogens with two attached hydrogens (primary N) is 1. The molecule has 0 aliphatic heterocycles. The molecular weight excluding hydrogens is 304 g/mol. The minimum atomic E-state index is -0.122. The number of rotatable bonds is 4. The molecule has 1 aromatic heterocycles. The lowest BCUT2D eigenvalue weighted by Crippen LogP contribution is -2.17. The summed E-state index contributed by atoms with van der Waals surface area (Å²) in [6, 6.07) is 13.2. The Balaban J connectivity index is 2.12. The van der Waals surface area contributed by atoms with Crippen LogP contribution in [0.1, 0.15) is 17.3 Å². The molecular formula is C18H18N4O2. The Morgan fingerprint density at radius 1 is 1.17 bits per heavy atom. The molecule has 0 fully saturated rings. The van der Waals surface area contributed by atoms with Crippen LogP contribution in [0.5, 0.6) is 5.88 Å². The van der Waals surface area contributed by atoms with E-state index >= 15 is 0 Å². The molecule has 0 bridgehead atoms. The van der Waals surface area contributed by atoms with Gasteiger partial charge in [-0.1, -0.05) is 18.2 Å². The highest BCUT2D eigenvalue weighted by molar-refractivity contribution is 5.96. The van der Waals surface area contributed by atoms with Crippen molar-refractivity contribution in [1.29, 1.82) is 0 Å².